The molecule has 4 aromatic rings. The number of amides is 1. The first-order valence-electron chi connectivity index (χ1n) is 14.5. The molecule has 2 saturated heterocycles. The van der Waals surface area contributed by atoms with E-state index < -0.39 is 73.6 Å². The summed E-state index contributed by atoms with van der Waals surface area (Å²) < 4.78 is 70.0. The molecule has 1 N–H and O–H groups in total. The first-order valence-corrected chi connectivity index (χ1v) is 16.4. The number of ether oxygens (including phenoxy) is 2. The molecule has 0 spiro atoms. The molecule has 0 radical (unpaired) electrons. The Bertz CT molecular complexity index is 2040. The molecular weight excluding hydrogens is 610 g/mol. The monoisotopic (exact) mass is 640 g/mol. The number of anilines is 1. The number of piperazine rings is 1. The van der Waals surface area contributed by atoms with E-state index >= 15 is 8.78 Å². The third-order valence-electron chi connectivity index (χ3n) is 8.50. The molecular formula is C30H30F2N6O6S. The Hall–Kier alpha value is -4.40. The van der Waals surface area contributed by atoms with Crippen LogP contribution in [0.1, 0.15) is 40.5 Å². The predicted octanol–water partition coefficient (Wildman–Crippen LogP) is 4.36. The lowest BCUT2D eigenvalue weighted by Gasteiger charge is -2.48. The van der Waals surface area contributed by atoms with Crippen molar-refractivity contribution in [3.05, 3.63) is 36.0 Å². The molecule has 2 bridgehead atoms. The predicted molar refractivity (Wildman–Crippen MR) is 159 cm³/mol. The van der Waals surface area contributed by atoms with Crippen LogP contribution >= 0.6 is 0 Å². The summed E-state index contributed by atoms with van der Waals surface area (Å²) in [5, 5.41) is 10.3. The van der Waals surface area contributed by atoms with Gasteiger partial charge in [0.05, 0.1) is 29.1 Å². The third kappa shape index (κ3) is 4.58. The topological polar surface area (TPSA) is 148 Å². The zero-order valence-corrected chi connectivity index (χ0v) is 25.9. The number of benzene rings is 1. The second-order valence-electron chi connectivity index (χ2n) is 12.7. The number of sulfone groups is 1. The molecule has 3 aliphatic rings. The molecule has 15 heteroatoms. The zero-order valence-electron chi connectivity index (χ0n) is 25.1. The second-order valence-corrected chi connectivity index (χ2v) is 14.6. The summed E-state index contributed by atoms with van der Waals surface area (Å²) in [7, 11) is -4.06. The standard InChI is InChI=1S/C30H30F2N6O6S/c1-13-24-17-9-7-15(38(17)29(40)44-30(2,3)4)12-37(24)25-20-23(35-28(36-25)45(5,41)42)21(32)22(34-27(20)43-13)19-16(31)8-6-14-10-11-33-26(39)18(14)19/h6,8,10-11,13,15,17,24H,7,9,12H2,1-5H3,(H,33,39)/t13-,15+,17-,24+/m0/s1. The number of halogens is 2. The van der Waals surface area contributed by atoms with E-state index in [1.807, 2.05) is 4.90 Å². The molecule has 1 aromatic carbocycles. The van der Waals surface area contributed by atoms with E-state index in [9.17, 15) is 18.3 Å². The normalized spacial score (nSPS) is 22.7. The van der Waals surface area contributed by atoms with Crippen LogP contribution in [0, 0.1) is 11.6 Å². The van der Waals surface area contributed by atoms with Gasteiger partial charge in [0.15, 0.2) is 5.82 Å². The van der Waals surface area contributed by atoms with Crippen LogP contribution in [-0.4, -0.2) is 87.1 Å². The van der Waals surface area contributed by atoms with E-state index in [2.05, 4.69) is 19.9 Å². The fourth-order valence-electron chi connectivity index (χ4n) is 6.81. The SMILES string of the molecule is C[C@@H]1Oc2nc(-c3c(F)ccc4ccnc(O)c34)c(F)c3nc(S(C)(=O)=O)nc(c23)N2C[C@H]3CC[C@@H]([C@@H]12)N3C(=O)OC(C)(C)C. The average molecular weight is 641 g/mol. The Kier molecular flexibility index (Phi) is 6.38. The van der Waals surface area contributed by atoms with Crippen molar-refractivity contribution in [3.63, 3.8) is 0 Å². The van der Waals surface area contributed by atoms with Crippen LogP contribution in [0.2, 0.25) is 0 Å². The van der Waals surface area contributed by atoms with Gasteiger partial charge in [-0.2, -0.15) is 0 Å². The Morgan fingerprint density at radius 1 is 1.11 bits per heavy atom. The van der Waals surface area contributed by atoms with Crippen LogP contribution in [0.15, 0.2) is 29.6 Å². The molecule has 0 aliphatic carbocycles. The summed E-state index contributed by atoms with van der Waals surface area (Å²) in [6.45, 7) is 7.37. The summed E-state index contributed by atoms with van der Waals surface area (Å²) in [4.78, 5) is 33.7. The summed E-state index contributed by atoms with van der Waals surface area (Å²) in [5.41, 5.74) is -2.09. The number of pyridine rings is 2. The van der Waals surface area contributed by atoms with Gasteiger partial charge in [0, 0.05) is 19.0 Å². The largest absolute Gasteiger partial charge is 0.493 e. The Labute approximate surface area is 256 Å². The number of aromatic hydroxyl groups is 1. The second kappa shape index (κ2) is 9.80. The average Bonchev–Trinajstić information content (AvgIpc) is 3.20. The van der Waals surface area contributed by atoms with Crippen LogP contribution in [-0.2, 0) is 14.6 Å². The molecule has 6 heterocycles. The number of carbonyl (C=O) groups excluding carboxylic acids is 1. The highest BCUT2D eigenvalue weighted by Crippen LogP contribution is 2.47. The van der Waals surface area contributed by atoms with Gasteiger partial charge in [-0.05, 0) is 58.1 Å². The molecule has 236 valence electrons. The molecule has 2 fully saturated rings. The lowest BCUT2D eigenvalue weighted by molar-refractivity contribution is 0.000950. The maximum absolute atomic E-state index is 16.7. The van der Waals surface area contributed by atoms with Gasteiger partial charge in [-0.25, -0.2) is 41.9 Å². The molecule has 3 aliphatic heterocycles. The molecule has 3 aromatic heterocycles. The van der Waals surface area contributed by atoms with Crippen LogP contribution < -0.4 is 9.64 Å². The minimum absolute atomic E-state index is 0.0195. The number of rotatable bonds is 2. The number of nitrogens with zero attached hydrogens (tertiary/aromatic N) is 6. The molecule has 0 unspecified atom stereocenters. The third-order valence-corrected chi connectivity index (χ3v) is 9.35. The molecule has 1 amide bonds. The maximum Gasteiger partial charge on any atom is 0.410 e. The van der Waals surface area contributed by atoms with E-state index in [1.165, 1.54) is 18.3 Å². The first kappa shape index (κ1) is 29.3. The van der Waals surface area contributed by atoms with Crippen LogP contribution in [0.5, 0.6) is 11.8 Å². The Morgan fingerprint density at radius 3 is 2.58 bits per heavy atom. The molecule has 7 rings (SSSR count). The van der Waals surface area contributed by atoms with E-state index in [1.54, 1.807) is 32.6 Å². The highest BCUT2D eigenvalue weighted by Gasteiger charge is 2.54. The fraction of sp³-hybridized carbons (Fsp3) is 0.433. The van der Waals surface area contributed by atoms with Crippen LogP contribution in [0.3, 0.4) is 0 Å². The van der Waals surface area contributed by atoms with E-state index in [-0.39, 0.29) is 40.6 Å². The van der Waals surface area contributed by atoms with Crippen LogP contribution in [0.4, 0.5) is 19.4 Å². The Balaban J connectivity index is 1.48. The zero-order chi connectivity index (χ0) is 32.2. The summed E-state index contributed by atoms with van der Waals surface area (Å²) >= 11 is 0. The van der Waals surface area contributed by atoms with Gasteiger partial charge in [-0.15, -0.1) is 0 Å². The van der Waals surface area contributed by atoms with E-state index in [4.69, 9.17) is 9.47 Å². The van der Waals surface area contributed by atoms with E-state index in [0.717, 1.165) is 12.3 Å². The molecule has 12 nitrogen and oxygen atoms in total. The van der Waals surface area contributed by atoms with Gasteiger partial charge < -0.3 is 19.5 Å². The minimum Gasteiger partial charge on any atom is -0.493 e. The van der Waals surface area contributed by atoms with Crippen molar-refractivity contribution in [1.82, 2.24) is 24.8 Å². The number of hydrogen-bond acceptors (Lipinski definition) is 11. The van der Waals surface area contributed by atoms with E-state index in [0.29, 0.717) is 18.2 Å². The van der Waals surface area contributed by atoms with Gasteiger partial charge in [-0.3, -0.25) is 4.90 Å². The van der Waals surface area contributed by atoms with Crippen LogP contribution in [0.25, 0.3) is 32.9 Å². The van der Waals surface area contributed by atoms with Gasteiger partial charge in [0.2, 0.25) is 26.8 Å². The maximum atomic E-state index is 16.7. The smallest absolute Gasteiger partial charge is 0.410 e. The summed E-state index contributed by atoms with van der Waals surface area (Å²) in [5.74, 6) is -2.61. The minimum atomic E-state index is -4.06. The lowest BCUT2D eigenvalue weighted by Crippen LogP contribution is -2.65. The number of aromatic nitrogens is 4. The fourth-order valence-corrected chi connectivity index (χ4v) is 7.32. The Morgan fingerprint density at radius 2 is 1.87 bits per heavy atom. The van der Waals surface area contributed by atoms with Crippen molar-refractivity contribution in [2.45, 2.75) is 75.5 Å². The number of hydrogen-bond donors (Lipinski definition) is 1. The van der Waals surface area contributed by atoms with Crippen molar-refractivity contribution in [3.8, 4) is 23.0 Å². The quantitative estimate of drug-likeness (QED) is 0.312. The van der Waals surface area contributed by atoms with Crippen molar-refractivity contribution in [2.75, 3.05) is 17.7 Å². The highest BCUT2D eigenvalue weighted by molar-refractivity contribution is 7.90. The van der Waals surface area contributed by atoms with Gasteiger partial charge in [-0.1, -0.05) is 6.07 Å². The highest BCUT2D eigenvalue weighted by atomic mass is 32.2. The van der Waals surface area contributed by atoms with Crippen molar-refractivity contribution in [2.24, 2.45) is 0 Å². The first-order chi connectivity index (χ1) is 21.1. The summed E-state index contributed by atoms with van der Waals surface area (Å²) in [6, 6.07) is 2.80. The number of fused-ring (bicyclic) bond motifs is 6. The molecule has 4 atom stereocenters. The molecule has 0 saturated carbocycles. The summed E-state index contributed by atoms with van der Waals surface area (Å²) in [6.07, 6.45) is 2.35. The van der Waals surface area contributed by atoms with Gasteiger partial charge >= 0.3 is 6.09 Å². The number of carbonyl (C=O) groups is 1. The van der Waals surface area contributed by atoms with Gasteiger partial charge in [0.25, 0.3) is 0 Å². The lowest BCUT2D eigenvalue weighted by atomic mass is 9.98. The van der Waals surface area contributed by atoms with Crippen molar-refractivity contribution >= 4 is 43.4 Å². The van der Waals surface area contributed by atoms with Gasteiger partial charge in [0.1, 0.15) is 39.9 Å². The van der Waals surface area contributed by atoms with Crippen molar-refractivity contribution in [1.29, 1.82) is 0 Å². The van der Waals surface area contributed by atoms with Crippen molar-refractivity contribution < 1.29 is 36.6 Å². The molecule has 45 heavy (non-hydrogen) atoms.